The summed E-state index contributed by atoms with van der Waals surface area (Å²) in [4.78, 5) is 4.56. The molecule has 116 valence electrons. The smallest absolute Gasteiger partial charge is 0.231 e. The Bertz CT molecular complexity index is 650. The zero-order valence-electron chi connectivity index (χ0n) is 12.2. The molecule has 3 heterocycles. The molecule has 2 aliphatic heterocycles. The van der Waals surface area contributed by atoms with E-state index in [1.807, 2.05) is 0 Å². The van der Waals surface area contributed by atoms with Crippen LogP contribution in [0.1, 0.15) is 24.7 Å². The molecule has 0 saturated carbocycles. The van der Waals surface area contributed by atoms with Crippen molar-refractivity contribution in [2.75, 3.05) is 26.3 Å². The van der Waals surface area contributed by atoms with E-state index in [2.05, 4.69) is 15.5 Å². The highest BCUT2D eigenvalue weighted by atomic mass is 19.1. The molecule has 1 spiro atoms. The summed E-state index contributed by atoms with van der Waals surface area (Å²) in [5.74, 6) is 1.14. The van der Waals surface area contributed by atoms with Crippen LogP contribution in [0.5, 0.6) is 0 Å². The van der Waals surface area contributed by atoms with Gasteiger partial charge in [-0.15, -0.1) is 0 Å². The molecule has 1 aromatic carbocycles. The summed E-state index contributed by atoms with van der Waals surface area (Å²) in [6, 6.07) is 6.15. The van der Waals surface area contributed by atoms with E-state index in [1.54, 1.807) is 12.1 Å². The molecular weight excluding hydrogens is 285 g/mol. The summed E-state index contributed by atoms with van der Waals surface area (Å²) in [7, 11) is 0. The van der Waals surface area contributed by atoms with Gasteiger partial charge in [0.1, 0.15) is 5.82 Å². The Morgan fingerprint density at radius 3 is 2.73 bits per heavy atom. The van der Waals surface area contributed by atoms with E-state index in [9.17, 15) is 4.39 Å². The monoisotopic (exact) mass is 303 g/mol. The molecule has 1 atom stereocenters. The molecule has 0 aliphatic carbocycles. The first-order chi connectivity index (χ1) is 10.8. The Labute approximate surface area is 127 Å². The molecule has 2 aliphatic rings. The predicted octanol–water partition coefficient (Wildman–Crippen LogP) is 2.36. The summed E-state index contributed by atoms with van der Waals surface area (Å²) >= 11 is 0. The maximum absolute atomic E-state index is 13.0. The van der Waals surface area contributed by atoms with E-state index in [0.717, 1.165) is 44.7 Å². The number of nitrogens with one attached hydrogen (secondary N) is 1. The average Bonchev–Trinajstić information content (AvgIpc) is 3.16. The Morgan fingerprint density at radius 1 is 1.18 bits per heavy atom. The predicted molar refractivity (Wildman–Crippen MR) is 77.8 cm³/mol. The standard InChI is InChI=1S/C16H18FN3O2/c17-12-3-1-11(2-4-12)14-19-15(22-20-14)13-9-18-10-16(13)5-7-21-8-6-16/h1-4,13,18H,5-10H2/t13-/m1/s1. The van der Waals surface area contributed by atoms with Crippen molar-refractivity contribution < 1.29 is 13.7 Å². The Morgan fingerprint density at radius 2 is 1.95 bits per heavy atom. The van der Waals surface area contributed by atoms with E-state index in [0.29, 0.717) is 11.7 Å². The van der Waals surface area contributed by atoms with Gasteiger partial charge in [-0.3, -0.25) is 0 Å². The van der Waals surface area contributed by atoms with E-state index < -0.39 is 0 Å². The van der Waals surface area contributed by atoms with E-state index in [1.165, 1.54) is 12.1 Å². The van der Waals surface area contributed by atoms with Crippen LogP contribution in [-0.2, 0) is 4.74 Å². The minimum atomic E-state index is -0.270. The molecule has 0 unspecified atom stereocenters. The van der Waals surface area contributed by atoms with Crippen LogP contribution < -0.4 is 5.32 Å². The first-order valence-corrected chi connectivity index (χ1v) is 7.65. The molecule has 2 fully saturated rings. The quantitative estimate of drug-likeness (QED) is 0.923. The van der Waals surface area contributed by atoms with Gasteiger partial charge in [-0.05, 0) is 42.5 Å². The van der Waals surface area contributed by atoms with Crippen molar-refractivity contribution in [3.63, 3.8) is 0 Å². The molecule has 22 heavy (non-hydrogen) atoms. The number of halogens is 1. The van der Waals surface area contributed by atoms with Crippen LogP contribution in [0.15, 0.2) is 28.8 Å². The molecule has 2 aromatic rings. The van der Waals surface area contributed by atoms with E-state index in [4.69, 9.17) is 9.26 Å². The summed E-state index contributed by atoms with van der Waals surface area (Å²) in [5.41, 5.74) is 0.925. The highest BCUT2D eigenvalue weighted by molar-refractivity contribution is 5.53. The van der Waals surface area contributed by atoms with Crippen LogP contribution in [0.4, 0.5) is 4.39 Å². The minimum absolute atomic E-state index is 0.158. The largest absolute Gasteiger partial charge is 0.381 e. The van der Waals surface area contributed by atoms with Crippen LogP contribution in [-0.4, -0.2) is 36.4 Å². The normalized spacial score (nSPS) is 24.0. The molecule has 5 nitrogen and oxygen atoms in total. The Kier molecular flexibility index (Phi) is 3.43. The first-order valence-electron chi connectivity index (χ1n) is 7.65. The highest BCUT2D eigenvalue weighted by Crippen LogP contribution is 2.46. The van der Waals surface area contributed by atoms with Gasteiger partial charge in [0.2, 0.25) is 11.7 Å². The highest BCUT2D eigenvalue weighted by Gasteiger charge is 2.47. The molecule has 1 aromatic heterocycles. The number of hydrogen-bond acceptors (Lipinski definition) is 5. The van der Waals surface area contributed by atoms with Gasteiger partial charge in [-0.25, -0.2) is 4.39 Å². The molecular formula is C16H18FN3O2. The van der Waals surface area contributed by atoms with Gasteiger partial charge in [-0.2, -0.15) is 4.98 Å². The average molecular weight is 303 g/mol. The van der Waals surface area contributed by atoms with Gasteiger partial charge in [-0.1, -0.05) is 5.16 Å². The molecule has 2 saturated heterocycles. The fourth-order valence-corrected chi connectivity index (χ4v) is 3.55. The van der Waals surface area contributed by atoms with Crippen LogP contribution in [0.25, 0.3) is 11.4 Å². The third-order valence-corrected chi connectivity index (χ3v) is 4.90. The van der Waals surface area contributed by atoms with Crippen LogP contribution >= 0.6 is 0 Å². The third-order valence-electron chi connectivity index (χ3n) is 4.90. The van der Waals surface area contributed by atoms with Gasteiger partial charge in [0.05, 0.1) is 5.92 Å². The fraction of sp³-hybridized carbons (Fsp3) is 0.500. The lowest BCUT2D eigenvalue weighted by Crippen LogP contribution is -2.35. The van der Waals surface area contributed by atoms with Crippen molar-refractivity contribution in [2.45, 2.75) is 18.8 Å². The summed E-state index contributed by atoms with van der Waals surface area (Å²) in [5, 5.41) is 7.53. The molecule has 0 amide bonds. The van der Waals surface area contributed by atoms with E-state index in [-0.39, 0.29) is 17.2 Å². The van der Waals surface area contributed by atoms with Gasteiger partial charge in [0, 0.05) is 31.9 Å². The summed E-state index contributed by atoms with van der Waals surface area (Å²) in [6.07, 6.45) is 2.03. The van der Waals surface area contributed by atoms with Crippen molar-refractivity contribution in [1.82, 2.24) is 15.5 Å². The third kappa shape index (κ3) is 2.32. The number of nitrogens with zero attached hydrogens (tertiary/aromatic N) is 2. The number of rotatable bonds is 2. The molecule has 4 rings (SSSR count). The number of hydrogen-bond donors (Lipinski definition) is 1. The number of benzene rings is 1. The van der Waals surface area contributed by atoms with Crippen molar-refractivity contribution >= 4 is 0 Å². The second-order valence-corrected chi connectivity index (χ2v) is 6.12. The number of ether oxygens (including phenoxy) is 1. The molecule has 0 radical (unpaired) electrons. The van der Waals surface area contributed by atoms with Crippen LogP contribution in [0.2, 0.25) is 0 Å². The summed E-state index contributed by atoms with van der Waals surface area (Å²) < 4.78 is 24.0. The second kappa shape index (κ2) is 5.44. The van der Waals surface area contributed by atoms with Gasteiger partial charge in [0.25, 0.3) is 0 Å². The van der Waals surface area contributed by atoms with Crippen LogP contribution in [0, 0.1) is 11.2 Å². The minimum Gasteiger partial charge on any atom is -0.381 e. The van der Waals surface area contributed by atoms with Gasteiger partial charge < -0.3 is 14.6 Å². The van der Waals surface area contributed by atoms with Crippen molar-refractivity contribution in [2.24, 2.45) is 5.41 Å². The van der Waals surface area contributed by atoms with Gasteiger partial charge >= 0.3 is 0 Å². The van der Waals surface area contributed by atoms with E-state index >= 15 is 0 Å². The maximum Gasteiger partial charge on any atom is 0.231 e. The lowest BCUT2D eigenvalue weighted by atomic mass is 9.72. The topological polar surface area (TPSA) is 60.2 Å². The molecule has 6 heteroatoms. The first kappa shape index (κ1) is 13.8. The second-order valence-electron chi connectivity index (χ2n) is 6.12. The zero-order chi connectivity index (χ0) is 15.0. The van der Waals surface area contributed by atoms with Crippen molar-refractivity contribution in [1.29, 1.82) is 0 Å². The molecule has 0 bridgehead atoms. The number of aromatic nitrogens is 2. The Balaban J connectivity index is 1.62. The molecule has 1 N–H and O–H groups in total. The summed E-state index contributed by atoms with van der Waals surface area (Å²) in [6.45, 7) is 3.40. The lowest BCUT2D eigenvalue weighted by Gasteiger charge is -2.36. The van der Waals surface area contributed by atoms with Crippen LogP contribution in [0.3, 0.4) is 0 Å². The van der Waals surface area contributed by atoms with Crippen molar-refractivity contribution in [3.8, 4) is 11.4 Å². The fourth-order valence-electron chi connectivity index (χ4n) is 3.55. The Hall–Kier alpha value is -1.79. The maximum atomic E-state index is 13.0. The van der Waals surface area contributed by atoms with Gasteiger partial charge in [0.15, 0.2) is 0 Å². The zero-order valence-corrected chi connectivity index (χ0v) is 12.2. The lowest BCUT2D eigenvalue weighted by molar-refractivity contribution is 0.0122. The SMILES string of the molecule is Fc1ccc(-c2noc([C@H]3CNCC34CCOCC4)n2)cc1. The van der Waals surface area contributed by atoms with Crippen molar-refractivity contribution in [3.05, 3.63) is 36.0 Å².